The van der Waals surface area contributed by atoms with Crippen LogP contribution in [0.4, 0.5) is 5.69 Å². The van der Waals surface area contributed by atoms with Crippen LogP contribution in [0, 0.1) is 3.57 Å². The van der Waals surface area contributed by atoms with E-state index in [1.54, 1.807) is 30.3 Å². The summed E-state index contributed by atoms with van der Waals surface area (Å²) in [7, 11) is 1.52. The Morgan fingerprint density at radius 1 is 1.30 bits per heavy atom. The molecule has 6 heteroatoms. The largest absolute Gasteiger partial charge is 0.507 e. The minimum atomic E-state index is -0.321. The fourth-order valence-electron chi connectivity index (χ4n) is 1.60. The normalized spacial score (nSPS) is 10.2. The molecule has 0 fully saturated rings. The molecule has 0 aliphatic carbocycles. The molecule has 2 aromatic rings. The maximum absolute atomic E-state index is 12.0. The molecule has 1 amide bonds. The zero-order valence-electron chi connectivity index (χ0n) is 10.5. The van der Waals surface area contributed by atoms with Gasteiger partial charge in [-0.25, -0.2) is 0 Å². The second-order valence-electron chi connectivity index (χ2n) is 3.97. The summed E-state index contributed by atoms with van der Waals surface area (Å²) in [5.74, 6) is 0.292. The molecule has 2 aromatic carbocycles. The Morgan fingerprint density at radius 3 is 2.65 bits per heavy atom. The van der Waals surface area contributed by atoms with Crippen LogP contribution in [0.3, 0.4) is 0 Å². The molecule has 0 bridgehead atoms. The molecule has 104 valence electrons. The van der Waals surface area contributed by atoms with E-state index in [4.69, 9.17) is 16.3 Å². The Labute approximate surface area is 134 Å². The predicted molar refractivity (Wildman–Crippen MR) is 86.8 cm³/mol. The number of methoxy groups -OCH3 is 1. The molecule has 0 saturated carbocycles. The summed E-state index contributed by atoms with van der Waals surface area (Å²) in [4.78, 5) is 12.0. The van der Waals surface area contributed by atoms with Crippen LogP contribution in [0.1, 0.15) is 10.4 Å². The number of amides is 1. The molecular weight excluding hydrogens is 393 g/mol. The van der Waals surface area contributed by atoms with Crippen LogP contribution in [-0.2, 0) is 0 Å². The van der Waals surface area contributed by atoms with E-state index in [-0.39, 0.29) is 11.7 Å². The molecule has 0 atom stereocenters. The molecule has 2 N–H and O–H groups in total. The van der Waals surface area contributed by atoms with Gasteiger partial charge in [-0.05, 0) is 59.0 Å². The number of phenols is 1. The minimum Gasteiger partial charge on any atom is -0.507 e. The van der Waals surface area contributed by atoms with Gasteiger partial charge in [0, 0.05) is 11.3 Å². The molecular formula is C14H11ClINO3. The van der Waals surface area contributed by atoms with E-state index >= 15 is 0 Å². The van der Waals surface area contributed by atoms with Crippen molar-refractivity contribution in [3.63, 3.8) is 0 Å². The number of carbonyl (C=O) groups excluding carboxylic acids is 1. The third-order valence-corrected chi connectivity index (χ3v) is 3.83. The summed E-state index contributed by atoms with van der Waals surface area (Å²) < 4.78 is 5.73. The highest BCUT2D eigenvalue weighted by atomic mass is 127. The van der Waals surface area contributed by atoms with Gasteiger partial charge in [0.2, 0.25) is 0 Å². The second-order valence-corrected chi connectivity index (χ2v) is 5.54. The summed E-state index contributed by atoms with van der Waals surface area (Å²) in [5, 5.41) is 12.7. The first-order chi connectivity index (χ1) is 9.51. The van der Waals surface area contributed by atoms with E-state index in [2.05, 4.69) is 5.32 Å². The number of carbonyl (C=O) groups is 1. The fraction of sp³-hybridized carbons (Fsp3) is 0.0714. The number of rotatable bonds is 3. The van der Waals surface area contributed by atoms with E-state index in [1.807, 2.05) is 22.6 Å². The molecule has 0 heterocycles. The zero-order chi connectivity index (χ0) is 14.7. The number of ether oxygens (including phenoxy) is 1. The molecule has 0 aromatic heterocycles. The minimum absolute atomic E-state index is 0.0750. The average molecular weight is 404 g/mol. The van der Waals surface area contributed by atoms with Crippen molar-refractivity contribution in [1.82, 2.24) is 0 Å². The molecule has 0 aliphatic rings. The highest BCUT2D eigenvalue weighted by Gasteiger charge is 2.10. The van der Waals surface area contributed by atoms with Crippen molar-refractivity contribution >= 4 is 45.8 Å². The third-order valence-electron chi connectivity index (χ3n) is 2.62. The van der Waals surface area contributed by atoms with Gasteiger partial charge in [0.15, 0.2) is 0 Å². The zero-order valence-corrected chi connectivity index (χ0v) is 13.4. The summed E-state index contributed by atoms with van der Waals surface area (Å²) in [6.45, 7) is 0. The molecule has 2 rings (SSSR count). The number of halogens is 2. The fourth-order valence-corrected chi connectivity index (χ4v) is 2.19. The lowest BCUT2D eigenvalue weighted by molar-refractivity contribution is 0.102. The summed E-state index contributed by atoms with van der Waals surface area (Å²) in [6, 6.07) is 9.69. The van der Waals surface area contributed by atoms with Crippen LogP contribution < -0.4 is 10.1 Å². The van der Waals surface area contributed by atoms with Gasteiger partial charge < -0.3 is 15.2 Å². The number of hydrogen-bond donors (Lipinski definition) is 2. The van der Waals surface area contributed by atoms with Gasteiger partial charge in [-0.2, -0.15) is 0 Å². The third kappa shape index (κ3) is 3.34. The van der Waals surface area contributed by atoms with E-state index in [0.717, 1.165) is 0 Å². The maximum atomic E-state index is 12.0. The number of aromatic hydroxyl groups is 1. The lowest BCUT2D eigenvalue weighted by Crippen LogP contribution is -2.11. The SMILES string of the molecule is COc1ccc(NC(=O)c2ccc(I)c(O)c2)cc1Cl. The number of anilines is 1. The summed E-state index contributed by atoms with van der Waals surface area (Å²) >= 11 is 7.97. The van der Waals surface area contributed by atoms with Gasteiger partial charge in [-0.1, -0.05) is 11.6 Å². The molecule has 0 saturated heterocycles. The summed E-state index contributed by atoms with van der Waals surface area (Å²) in [5.41, 5.74) is 0.925. The van der Waals surface area contributed by atoms with E-state index in [0.29, 0.717) is 25.6 Å². The van der Waals surface area contributed by atoms with Crippen LogP contribution in [-0.4, -0.2) is 18.1 Å². The first-order valence-corrected chi connectivity index (χ1v) is 7.10. The van der Waals surface area contributed by atoms with Gasteiger partial charge >= 0.3 is 0 Å². The second kappa shape index (κ2) is 6.32. The summed E-state index contributed by atoms with van der Waals surface area (Å²) in [6.07, 6.45) is 0. The van der Waals surface area contributed by atoms with E-state index in [9.17, 15) is 9.90 Å². The number of hydrogen-bond acceptors (Lipinski definition) is 3. The van der Waals surface area contributed by atoms with Crippen molar-refractivity contribution < 1.29 is 14.6 Å². The van der Waals surface area contributed by atoms with Crippen molar-refractivity contribution in [3.05, 3.63) is 50.6 Å². The average Bonchev–Trinajstić information content (AvgIpc) is 2.42. The lowest BCUT2D eigenvalue weighted by Gasteiger charge is -2.08. The Morgan fingerprint density at radius 2 is 2.05 bits per heavy atom. The molecule has 0 unspecified atom stereocenters. The predicted octanol–water partition coefficient (Wildman–Crippen LogP) is 3.91. The van der Waals surface area contributed by atoms with E-state index < -0.39 is 0 Å². The number of benzene rings is 2. The van der Waals surface area contributed by atoms with Crippen molar-refractivity contribution in [2.75, 3.05) is 12.4 Å². The topological polar surface area (TPSA) is 58.6 Å². The van der Waals surface area contributed by atoms with Crippen LogP contribution in [0.15, 0.2) is 36.4 Å². The molecule has 0 radical (unpaired) electrons. The first-order valence-electron chi connectivity index (χ1n) is 5.64. The molecule has 0 aliphatic heterocycles. The van der Waals surface area contributed by atoms with Crippen LogP contribution in [0.2, 0.25) is 5.02 Å². The smallest absolute Gasteiger partial charge is 0.255 e. The first kappa shape index (κ1) is 14.9. The van der Waals surface area contributed by atoms with Gasteiger partial charge in [0.05, 0.1) is 15.7 Å². The molecule has 0 spiro atoms. The molecule has 4 nitrogen and oxygen atoms in total. The highest BCUT2D eigenvalue weighted by Crippen LogP contribution is 2.27. The maximum Gasteiger partial charge on any atom is 0.255 e. The molecule has 20 heavy (non-hydrogen) atoms. The van der Waals surface area contributed by atoms with Gasteiger partial charge in [0.1, 0.15) is 11.5 Å². The quantitative estimate of drug-likeness (QED) is 0.764. The standard InChI is InChI=1S/C14H11ClINO3/c1-20-13-5-3-9(7-10(13)15)17-14(19)8-2-4-11(16)12(18)6-8/h2-7,18H,1H3,(H,17,19). The lowest BCUT2D eigenvalue weighted by atomic mass is 10.2. The van der Waals surface area contributed by atoms with Crippen LogP contribution in [0.25, 0.3) is 0 Å². The van der Waals surface area contributed by atoms with E-state index in [1.165, 1.54) is 13.2 Å². The van der Waals surface area contributed by atoms with Crippen molar-refractivity contribution in [1.29, 1.82) is 0 Å². The van der Waals surface area contributed by atoms with Crippen molar-refractivity contribution in [3.8, 4) is 11.5 Å². The van der Waals surface area contributed by atoms with Gasteiger partial charge in [-0.15, -0.1) is 0 Å². The van der Waals surface area contributed by atoms with Crippen LogP contribution >= 0.6 is 34.2 Å². The Bertz CT molecular complexity index is 661. The number of phenolic OH excluding ortho intramolecular Hbond substituents is 1. The van der Waals surface area contributed by atoms with Crippen molar-refractivity contribution in [2.45, 2.75) is 0 Å². The van der Waals surface area contributed by atoms with Crippen LogP contribution in [0.5, 0.6) is 11.5 Å². The Hall–Kier alpha value is -1.47. The van der Waals surface area contributed by atoms with Gasteiger partial charge in [0.25, 0.3) is 5.91 Å². The Kier molecular flexibility index (Phi) is 4.72. The Balaban J connectivity index is 2.19. The monoisotopic (exact) mass is 403 g/mol. The highest BCUT2D eigenvalue weighted by molar-refractivity contribution is 14.1. The number of nitrogens with one attached hydrogen (secondary N) is 1. The van der Waals surface area contributed by atoms with Gasteiger partial charge in [-0.3, -0.25) is 4.79 Å². The van der Waals surface area contributed by atoms with Crippen molar-refractivity contribution in [2.24, 2.45) is 0 Å².